The minimum atomic E-state index is -0.747. The molecule has 0 spiro atoms. The molecule has 4 N–H and O–H groups in total. The van der Waals surface area contributed by atoms with Gasteiger partial charge < -0.3 is 15.2 Å². The summed E-state index contributed by atoms with van der Waals surface area (Å²) in [4.78, 5) is 30.7. The number of nitrogens with two attached hydrogens (primary N) is 1. The van der Waals surface area contributed by atoms with Crippen molar-refractivity contribution in [2.24, 2.45) is 4.99 Å². The van der Waals surface area contributed by atoms with Gasteiger partial charge in [-0.2, -0.15) is 0 Å². The molecular formula is C23H30N4O4S. The SMILES string of the molecule is CC(C)(C)OC(=O)NC(=Nc1ccc(Sc2ccc(N)cc2)cc1)NC(=O)OC(C)(C)C. The van der Waals surface area contributed by atoms with Gasteiger partial charge in [0.05, 0.1) is 5.69 Å². The smallest absolute Gasteiger partial charge is 0.414 e. The number of hydrogen-bond donors (Lipinski definition) is 3. The van der Waals surface area contributed by atoms with Crippen LogP contribution in [-0.2, 0) is 9.47 Å². The lowest BCUT2D eigenvalue weighted by atomic mass is 10.2. The number of guanidine groups is 1. The van der Waals surface area contributed by atoms with Crippen LogP contribution in [0, 0.1) is 0 Å². The van der Waals surface area contributed by atoms with Crippen molar-refractivity contribution in [3.63, 3.8) is 0 Å². The lowest BCUT2D eigenvalue weighted by Gasteiger charge is -2.22. The van der Waals surface area contributed by atoms with Gasteiger partial charge in [0.2, 0.25) is 5.96 Å². The summed E-state index contributed by atoms with van der Waals surface area (Å²) in [7, 11) is 0. The van der Waals surface area contributed by atoms with Gasteiger partial charge in [0, 0.05) is 15.5 Å². The second-order valence-corrected chi connectivity index (χ2v) is 10.0. The molecule has 0 bridgehead atoms. The van der Waals surface area contributed by atoms with Crippen LogP contribution in [0.5, 0.6) is 0 Å². The number of nitrogen functional groups attached to an aromatic ring is 1. The zero-order valence-electron chi connectivity index (χ0n) is 19.2. The predicted octanol–water partition coefficient (Wildman–Crippen LogP) is 5.46. The molecule has 2 rings (SSSR count). The van der Waals surface area contributed by atoms with Gasteiger partial charge in [-0.15, -0.1) is 0 Å². The van der Waals surface area contributed by atoms with Crippen LogP contribution in [0.2, 0.25) is 0 Å². The Labute approximate surface area is 193 Å². The van der Waals surface area contributed by atoms with Gasteiger partial charge in [-0.05, 0) is 90.1 Å². The molecule has 0 fully saturated rings. The van der Waals surface area contributed by atoms with Crippen LogP contribution in [0.25, 0.3) is 0 Å². The maximum absolute atomic E-state index is 12.2. The van der Waals surface area contributed by atoms with E-state index in [1.165, 1.54) is 0 Å². The highest BCUT2D eigenvalue weighted by Crippen LogP contribution is 2.29. The Morgan fingerprint density at radius 1 is 0.781 bits per heavy atom. The van der Waals surface area contributed by atoms with E-state index < -0.39 is 23.4 Å². The van der Waals surface area contributed by atoms with Gasteiger partial charge >= 0.3 is 12.2 Å². The standard InChI is InChI=1S/C23H30N4O4S/c1-22(2,3)30-20(28)26-19(27-21(29)31-23(4,5)6)25-16-9-13-18(14-10-16)32-17-11-7-15(24)8-12-17/h7-14H,24H2,1-6H3,(H2,25,26,27,28,29). The second kappa shape index (κ2) is 10.4. The molecule has 0 unspecified atom stereocenters. The summed E-state index contributed by atoms with van der Waals surface area (Å²) >= 11 is 1.57. The van der Waals surface area contributed by atoms with Crippen molar-refractivity contribution in [3.05, 3.63) is 48.5 Å². The van der Waals surface area contributed by atoms with Gasteiger partial charge in [-0.1, -0.05) is 11.8 Å². The van der Waals surface area contributed by atoms with Gasteiger partial charge in [0.1, 0.15) is 11.2 Å². The fraction of sp³-hybridized carbons (Fsp3) is 0.348. The molecule has 0 radical (unpaired) electrons. The van der Waals surface area contributed by atoms with E-state index in [2.05, 4.69) is 15.6 Å². The molecule has 2 amide bonds. The minimum Gasteiger partial charge on any atom is -0.444 e. The number of anilines is 1. The molecule has 2 aromatic rings. The third-order valence-electron chi connectivity index (χ3n) is 3.43. The molecule has 172 valence electrons. The van der Waals surface area contributed by atoms with Gasteiger partial charge in [0.15, 0.2) is 0 Å². The molecule has 0 aliphatic rings. The van der Waals surface area contributed by atoms with Crippen LogP contribution in [0.3, 0.4) is 0 Å². The molecule has 9 heteroatoms. The molecule has 0 atom stereocenters. The third kappa shape index (κ3) is 9.74. The van der Waals surface area contributed by atoms with Gasteiger partial charge in [-0.25, -0.2) is 14.6 Å². The van der Waals surface area contributed by atoms with E-state index >= 15 is 0 Å². The summed E-state index contributed by atoms with van der Waals surface area (Å²) in [6.07, 6.45) is -1.49. The van der Waals surface area contributed by atoms with Crippen molar-refractivity contribution in [2.75, 3.05) is 5.73 Å². The molecule has 0 aliphatic carbocycles. The fourth-order valence-electron chi connectivity index (χ4n) is 2.28. The number of nitrogens with one attached hydrogen (secondary N) is 2. The summed E-state index contributed by atoms with van der Waals surface area (Å²) in [5.74, 6) is -0.104. The monoisotopic (exact) mass is 458 g/mol. The van der Waals surface area contributed by atoms with E-state index in [0.717, 1.165) is 9.79 Å². The fourth-order valence-corrected chi connectivity index (χ4v) is 3.09. The van der Waals surface area contributed by atoms with Crippen molar-refractivity contribution in [1.82, 2.24) is 10.6 Å². The summed E-state index contributed by atoms with van der Waals surface area (Å²) in [6, 6.07) is 14.9. The van der Waals surface area contributed by atoms with Crippen LogP contribution < -0.4 is 16.4 Å². The number of ether oxygens (including phenoxy) is 2. The zero-order chi connectivity index (χ0) is 23.9. The van der Waals surface area contributed by atoms with Gasteiger partial charge in [0.25, 0.3) is 0 Å². The summed E-state index contributed by atoms with van der Waals surface area (Å²) < 4.78 is 10.5. The van der Waals surface area contributed by atoms with Crippen LogP contribution in [0.15, 0.2) is 63.3 Å². The van der Waals surface area contributed by atoms with Crippen molar-refractivity contribution in [2.45, 2.75) is 62.5 Å². The largest absolute Gasteiger partial charge is 0.444 e. The maximum atomic E-state index is 12.2. The van der Waals surface area contributed by atoms with E-state index in [0.29, 0.717) is 11.4 Å². The van der Waals surface area contributed by atoms with E-state index in [4.69, 9.17) is 15.2 Å². The molecular weight excluding hydrogens is 428 g/mol. The minimum absolute atomic E-state index is 0.104. The van der Waals surface area contributed by atoms with Crippen molar-refractivity contribution in [1.29, 1.82) is 0 Å². The Morgan fingerprint density at radius 2 is 1.19 bits per heavy atom. The molecule has 0 aliphatic heterocycles. The first-order valence-corrected chi connectivity index (χ1v) is 10.8. The highest BCUT2D eigenvalue weighted by Gasteiger charge is 2.21. The van der Waals surface area contributed by atoms with Crippen molar-refractivity contribution < 1.29 is 19.1 Å². The quantitative estimate of drug-likeness (QED) is 0.320. The van der Waals surface area contributed by atoms with Crippen LogP contribution >= 0.6 is 11.8 Å². The lowest BCUT2D eigenvalue weighted by Crippen LogP contribution is -2.47. The number of carbonyl (C=O) groups excluding carboxylic acids is 2. The first kappa shape index (κ1) is 25.1. The van der Waals surface area contributed by atoms with E-state index in [-0.39, 0.29) is 5.96 Å². The number of amides is 2. The average molecular weight is 459 g/mol. The lowest BCUT2D eigenvalue weighted by molar-refractivity contribution is 0.0545. The molecule has 0 heterocycles. The van der Waals surface area contributed by atoms with E-state index in [1.807, 2.05) is 36.4 Å². The molecule has 8 nitrogen and oxygen atoms in total. The molecule has 32 heavy (non-hydrogen) atoms. The third-order valence-corrected chi connectivity index (χ3v) is 4.45. The summed E-state index contributed by atoms with van der Waals surface area (Å²) in [6.45, 7) is 10.4. The Kier molecular flexibility index (Phi) is 8.15. The van der Waals surface area contributed by atoms with Gasteiger partial charge in [-0.3, -0.25) is 10.6 Å². The number of nitrogens with zero attached hydrogens (tertiary/aromatic N) is 1. The Hall–Kier alpha value is -3.20. The van der Waals surface area contributed by atoms with Crippen LogP contribution in [0.1, 0.15) is 41.5 Å². The Morgan fingerprint density at radius 3 is 1.59 bits per heavy atom. The van der Waals surface area contributed by atoms with Crippen molar-refractivity contribution >= 4 is 41.3 Å². The Bertz CT molecular complexity index is 927. The highest BCUT2D eigenvalue weighted by molar-refractivity contribution is 7.99. The van der Waals surface area contributed by atoms with E-state index in [1.54, 1.807) is 65.4 Å². The molecule has 0 aromatic heterocycles. The highest BCUT2D eigenvalue weighted by atomic mass is 32.2. The maximum Gasteiger partial charge on any atom is 0.414 e. The second-order valence-electron chi connectivity index (χ2n) is 8.88. The number of carbonyl (C=O) groups is 2. The van der Waals surface area contributed by atoms with Crippen LogP contribution in [-0.4, -0.2) is 29.3 Å². The summed E-state index contributed by atoms with van der Waals surface area (Å²) in [5.41, 5.74) is 5.54. The molecule has 0 saturated heterocycles. The zero-order valence-corrected chi connectivity index (χ0v) is 20.0. The summed E-state index contributed by atoms with van der Waals surface area (Å²) in [5, 5.41) is 4.92. The average Bonchev–Trinajstić information content (AvgIpc) is 2.62. The molecule has 0 saturated carbocycles. The number of rotatable bonds is 3. The first-order valence-electron chi connectivity index (χ1n) is 10.0. The van der Waals surface area contributed by atoms with Crippen LogP contribution in [0.4, 0.5) is 21.0 Å². The van der Waals surface area contributed by atoms with Crippen molar-refractivity contribution in [3.8, 4) is 0 Å². The predicted molar refractivity (Wildman–Crippen MR) is 127 cm³/mol. The normalized spacial score (nSPS) is 11.3. The topological polar surface area (TPSA) is 115 Å². The number of benzene rings is 2. The molecule has 2 aromatic carbocycles. The number of hydrogen-bond acceptors (Lipinski definition) is 7. The number of alkyl carbamates (subject to hydrolysis) is 2. The Balaban J connectivity index is 2.16. The van der Waals surface area contributed by atoms with E-state index in [9.17, 15) is 9.59 Å². The first-order chi connectivity index (χ1) is 14.8. The number of aliphatic imine (C=N–C) groups is 1.